The minimum absolute atomic E-state index is 0.137. The Morgan fingerprint density at radius 2 is 1.65 bits per heavy atom. The number of amides is 1. The lowest BCUT2D eigenvalue weighted by Gasteiger charge is -2.31. The van der Waals surface area contributed by atoms with Crippen molar-refractivity contribution in [2.45, 2.75) is 58.8 Å². The summed E-state index contributed by atoms with van der Waals surface area (Å²) in [5.74, 6) is -4.59. The summed E-state index contributed by atoms with van der Waals surface area (Å²) in [7, 11) is 0. The van der Waals surface area contributed by atoms with Crippen molar-refractivity contribution in [2.75, 3.05) is 0 Å². The number of carbonyl (C=O) groups excluding carboxylic acids is 1. The number of H-pyrrole nitrogens is 1. The van der Waals surface area contributed by atoms with Gasteiger partial charge in [-0.1, -0.05) is 74.8 Å². The molecule has 2 heterocycles. The number of nitrogens with one attached hydrogen (secondary N) is 1. The van der Waals surface area contributed by atoms with E-state index in [0.29, 0.717) is 29.7 Å². The van der Waals surface area contributed by atoms with Gasteiger partial charge in [-0.2, -0.15) is 13.2 Å². The zero-order chi connectivity index (χ0) is 34.0. The van der Waals surface area contributed by atoms with Crippen molar-refractivity contribution >= 4 is 17.8 Å². The molecule has 0 saturated carbocycles. The summed E-state index contributed by atoms with van der Waals surface area (Å²) < 4.78 is 36.5. The van der Waals surface area contributed by atoms with Gasteiger partial charge in [-0.15, -0.1) is 0 Å². The van der Waals surface area contributed by atoms with Gasteiger partial charge in [-0.05, 0) is 47.2 Å². The first-order chi connectivity index (χ1) is 21.7. The molecule has 14 heteroatoms. The second-order valence-electron chi connectivity index (χ2n) is 10.6. The fraction of sp³-hybridized carbons (Fsp3) is 0.312. The molecule has 3 N–H and O–H groups in total. The molecule has 0 aliphatic heterocycles. The van der Waals surface area contributed by atoms with E-state index in [1.54, 1.807) is 20.0 Å². The van der Waals surface area contributed by atoms with Gasteiger partial charge in [0.1, 0.15) is 6.04 Å². The molecule has 1 amide bonds. The molecule has 4 aromatic rings. The predicted octanol–water partition coefficient (Wildman–Crippen LogP) is 6.02. The van der Waals surface area contributed by atoms with E-state index in [9.17, 15) is 32.7 Å². The number of aliphatic carboxylic acids is 2. The van der Waals surface area contributed by atoms with Crippen molar-refractivity contribution in [3.63, 3.8) is 0 Å². The second-order valence-corrected chi connectivity index (χ2v) is 10.6. The molecular formula is C32H33F3N4O7. The van der Waals surface area contributed by atoms with E-state index < -0.39 is 29.9 Å². The summed E-state index contributed by atoms with van der Waals surface area (Å²) >= 11 is 0. The van der Waals surface area contributed by atoms with Crippen molar-refractivity contribution in [1.29, 1.82) is 0 Å². The number of hydrogen-bond donors (Lipinski definition) is 3. The van der Waals surface area contributed by atoms with Crippen LogP contribution in [-0.4, -0.2) is 60.3 Å². The van der Waals surface area contributed by atoms with E-state index in [4.69, 9.17) is 14.4 Å². The van der Waals surface area contributed by atoms with Gasteiger partial charge in [0.25, 0.3) is 0 Å². The molecule has 11 nitrogen and oxygen atoms in total. The van der Waals surface area contributed by atoms with Gasteiger partial charge in [-0.3, -0.25) is 19.3 Å². The van der Waals surface area contributed by atoms with Crippen LogP contribution in [0.1, 0.15) is 45.6 Å². The number of pyridine rings is 1. The van der Waals surface area contributed by atoms with Crippen LogP contribution in [0.2, 0.25) is 0 Å². The van der Waals surface area contributed by atoms with E-state index in [1.165, 1.54) is 4.90 Å². The highest BCUT2D eigenvalue weighted by Crippen LogP contribution is 2.33. The van der Waals surface area contributed by atoms with Gasteiger partial charge in [0.05, 0.1) is 5.69 Å². The molecule has 0 radical (unpaired) electrons. The Balaban J connectivity index is 0.000000738. The SMILES string of the molecule is CCCCC(=O)N(Cc1ccc(-c2cc(-c3ccccc3)ccc2-c2noc(=O)[nH]2)nc1)C(C(=O)O)C(C)C.O=C(O)C(F)(F)F. The zero-order valence-electron chi connectivity index (χ0n) is 25.2. The molecule has 2 aromatic carbocycles. The van der Waals surface area contributed by atoms with Crippen molar-refractivity contribution in [3.05, 3.63) is 83.0 Å². The number of alkyl halides is 3. The van der Waals surface area contributed by atoms with E-state index in [0.717, 1.165) is 23.1 Å². The monoisotopic (exact) mass is 642 g/mol. The van der Waals surface area contributed by atoms with E-state index in [-0.39, 0.29) is 24.2 Å². The van der Waals surface area contributed by atoms with Crippen molar-refractivity contribution in [3.8, 4) is 33.8 Å². The average Bonchev–Trinajstić information content (AvgIpc) is 3.45. The summed E-state index contributed by atoms with van der Waals surface area (Å²) in [5, 5.41) is 20.9. The van der Waals surface area contributed by atoms with E-state index in [1.807, 2.05) is 67.6 Å². The van der Waals surface area contributed by atoms with Gasteiger partial charge in [0.2, 0.25) is 5.91 Å². The van der Waals surface area contributed by atoms with Gasteiger partial charge >= 0.3 is 23.9 Å². The molecule has 0 aliphatic rings. The number of benzene rings is 2. The van der Waals surface area contributed by atoms with Crippen LogP contribution in [0.15, 0.2) is 76.2 Å². The Morgan fingerprint density at radius 3 is 2.15 bits per heavy atom. The fourth-order valence-corrected chi connectivity index (χ4v) is 4.58. The van der Waals surface area contributed by atoms with Crippen LogP contribution in [0.5, 0.6) is 0 Å². The highest BCUT2D eigenvalue weighted by Gasteiger charge is 2.38. The highest BCUT2D eigenvalue weighted by atomic mass is 19.4. The van der Waals surface area contributed by atoms with Gasteiger partial charge in [0, 0.05) is 30.3 Å². The van der Waals surface area contributed by atoms with Crippen molar-refractivity contribution in [2.24, 2.45) is 5.92 Å². The van der Waals surface area contributed by atoms with Crippen LogP contribution in [-0.2, 0) is 20.9 Å². The number of halogens is 3. The van der Waals surface area contributed by atoms with Crippen LogP contribution in [0.4, 0.5) is 13.2 Å². The summed E-state index contributed by atoms with van der Waals surface area (Å²) in [5.41, 5.74) is 4.69. The first-order valence-electron chi connectivity index (χ1n) is 14.3. The number of aromatic amines is 1. The first-order valence-corrected chi connectivity index (χ1v) is 14.3. The number of carboxylic acid groups (broad SMARTS) is 2. The molecule has 0 aliphatic carbocycles. The number of aromatic nitrogens is 3. The predicted molar refractivity (Wildman–Crippen MR) is 161 cm³/mol. The topological polar surface area (TPSA) is 167 Å². The van der Waals surface area contributed by atoms with Crippen molar-refractivity contribution < 1.29 is 42.3 Å². The molecular weight excluding hydrogens is 609 g/mol. The second kappa shape index (κ2) is 15.6. The lowest BCUT2D eigenvalue weighted by Crippen LogP contribution is -2.47. The molecule has 2 aromatic heterocycles. The van der Waals surface area contributed by atoms with Crippen LogP contribution in [0.25, 0.3) is 33.8 Å². The minimum Gasteiger partial charge on any atom is -0.480 e. The quantitative estimate of drug-likeness (QED) is 0.177. The summed E-state index contributed by atoms with van der Waals surface area (Å²) in [6.07, 6.45) is -1.60. The normalized spacial score (nSPS) is 11.8. The molecule has 1 unspecified atom stereocenters. The van der Waals surface area contributed by atoms with Gasteiger partial charge < -0.3 is 15.1 Å². The Labute approximate surface area is 261 Å². The Kier molecular flexibility index (Phi) is 12.0. The molecule has 4 rings (SSSR count). The van der Waals surface area contributed by atoms with E-state index >= 15 is 0 Å². The standard InChI is InChI=1S/C30H32N4O5.C2HF3O2/c1-4-5-11-26(35)34(27(19(2)3)29(36)37)18-20-12-15-25(31-17-20)24-16-22(21-9-7-6-8-10-21)13-14-23(24)28-32-30(38)39-33-28;3-2(4,5)1(6)7/h6-10,12-17,19,27H,4-5,11,18H2,1-3H3,(H,36,37)(H,32,33,38);(H,6,7). The first kappa shape index (κ1) is 35.2. The third kappa shape index (κ3) is 9.36. The van der Waals surface area contributed by atoms with Crippen LogP contribution in [0.3, 0.4) is 0 Å². The highest BCUT2D eigenvalue weighted by molar-refractivity contribution is 5.85. The maximum Gasteiger partial charge on any atom is 0.490 e. The number of unbranched alkanes of at least 4 members (excludes halogenated alkanes) is 1. The van der Waals surface area contributed by atoms with E-state index in [2.05, 4.69) is 15.1 Å². The molecule has 46 heavy (non-hydrogen) atoms. The molecule has 0 spiro atoms. The molecule has 244 valence electrons. The average molecular weight is 643 g/mol. The van der Waals surface area contributed by atoms with Crippen LogP contribution >= 0.6 is 0 Å². The minimum atomic E-state index is -5.08. The number of nitrogens with zero attached hydrogens (tertiary/aromatic N) is 3. The van der Waals surface area contributed by atoms with Gasteiger partial charge in [-0.25, -0.2) is 14.4 Å². The maximum absolute atomic E-state index is 13.0. The zero-order valence-corrected chi connectivity index (χ0v) is 25.2. The summed E-state index contributed by atoms with van der Waals surface area (Å²) in [4.78, 5) is 54.3. The summed E-state index contributed by atoms with van der Waals surface area (Å²) in [6.45, 7) is 5.73. The van der Waals surface area contributed by atoms with Crippen molar-refractivity contribution in [1.82, 2.24) is 20.0 Å². The number of carbonyl (C=O) groups is 3. The third-order valence-electron chi connectivity index (χ3n) is 6.80. The number of carboxylic acids is 2. The molecule has 1 atom stereocenters. The summed E-state index contributed by atoms with van der Waals surface area (Å²) in [6, 6.07) is 18.4. The smallest absolute Gasteiger partial charge is 0.480 e. The third-order valence-corrected chi connectivity index (χ3v) is 6.80. The van der Waals surface area contributed by atoms with Gasteiger partial charge in [0.15, 0.2) is 5.82 Å². The Hall–Kier alpha value is -5.27. The molecule has 0 saturated heterocycles. The lowest BCUT2D eigenvalue weighted by atomic mass is 9.96. The Morgan fingerprint density at radius 1 is 0.978 bits per heavy atom. The fourth-order valence-electron chi connectivity index (χ4n) is 4.58. The molecule has 0 fully saturated rings. The number of hydrogen-bond acceptors (Lipinski definition) is 7. The lowest BCUT2D eigenvalue weighted by molar-refractivity contribution is -0.192. The van der Waals surface area contributed by atoms with Crippen LogP contribution < -0.4 is 5.76 Å². The maximum atomic E-state index is 13.0. The Bertz CT molecular complexity index is 1680. The largest absolute Gasteiger partial charge is 0.490 e. The molecule has 0 bridgehead atoms. The number of rotatable bonds is 11. The van der Waals surface area contributed by atoms with Crippen LogP contribution in [0, 0.1) is 5.92 Å².